The van der Waals surface area contributed by atoms with Crippen molar-refractivity contribution in [1.82, 2.24) is 5.32 Å². The Morgan fingerprint density at radius 3 is 2.62 bits per heavy atom. The highest BCUT2D eigenvalue weighted by Gasteiger charge is 2.29. The fourth-order valence-electron chi connectivity index (χ4n) is 2.57. The summed E-state index contributed by atoms with van der Waals surface area (Å²) < 4.78 is 0. The Bertz CT molecular complexity index is 491. The van der Waals surface area contributed by atoms with Crippen molar-refractivity contribution in [3.05, 3.63) is 35.4 Å². The van der Waals surface area contributed by atoms with Gasteiger partial charge in [-0.1, -0.05) is 36.6 Å². The lowest BCUT2D eigenvalue weighted by atomic mass is 9.85. The Morgan fingerprint density at radius 1 is 1.33 bits per heavy atom. The first kappa shape index (κ1) is 15.5. The number of hydrogen-bond acceptors (Lipinski definition) is 4. The van der Waals surface area contributed by atoms with E-state index in [1.54, 1.807) is 30.5 Å². The SMILES string of the molecule is CON=Cc1ccc(C(=O)NCC2(O)CCCCC2)cc1. The van der Waals surface area contributed by atoms with Crippen LogP contribution < -0.4 is 5.32 Å². The van der Waals surface area contributed by atoms with Crippen LogP contribution in [0.25, 0.3) is 0 Å². The van der Waals surface area contributed by atoms with Crippen molar-refractivity contribution >= 4 is 12.1 Å². The van der Waals surface area contributed by atoms with E-state index in [1.807, 2.05) is 0 Å². The Kier molecular flexibility index (Phi) is 5.33. The number of benzene rings is 1. The van der Waals surface area contributed by atoms with E-state index in [0.29, 0.717) is 12.1 Å². The molecule has 0 atom stereocenters. The lowest BCUT2D eigenvalue weighted by Gasteiger charge is -2.32. The highest BCUT2D eigenvalue weighted by Crippen LogP contribution is 2.27. The minimum Gasteiger partial charge on any atom is -0.399 e. The van der Waals surface area contributed by atoms with Crippen LogP contribution in [-0.4, -0.2) is 36.5 Å². The maximum Gasteiger partial charge on any atom is 0.251 e. The van der Waals surface area contributed by atoms with Crippen LogP contribution in [0.1, 0.15) is 48.0 Å². The molecule has 1 fully saturated rings. The third-order valence-electron chi connectivity index (χ3n) is 3.84. The number of oxime groups is 1. The second kappa shape index (κ2) is 7.22. The molecule has 1 aliphatic rings. The smallest absolute Gasteiger partial charge is 0.251 e. The largest absolute Gasteiger partial charge is 0.399 e. The number of hydrogen-bond donors (Lipinski definition) is 2. The summed E-state index contributed by atoms with van der Waals surface area (Å²) in [6.45, 7) is 0.318. The van der Waals surface area contributed by atoms with Gasteiger partial charge in [-0.05, 0) is 30.5 Å². The van der Waals surface area contributed by atoms with Gasteiger partial charge in [-0.25, -0.2) is 0 Å². The molecule has 2 N–H and O–H groups in total. The molecule has 21 heavy (non-hydrogen) atoms. The maximum atomic E-state index is 12.1. The molecular formula is C16H22N2O3. The van der Waals surface area contributed by atoms with Crippen molar-refractivity contribution in [2.24, 2.45) is 5.16 Å². The van der Waals surface area contributed by atoms with Gasteiger partial charge < -0.3 is 15.3 Å². The van der Waals surface area contributed by atoms with Crippen molar-refractivity contribution < 1.29 is 14.7 Å². The summed E-state index contributed by atoms with van der Waals surface area (Å²) in [5.74, 6) is -0.163. The summed E-state index contributed by atoms with van der Waals surface area (Å²) in [6, 6.07) is 7.06. The molecule has 0 radical (unpaired) electrons. The van der Waals surface area contributed by atoms with Gasteiger partial charge in [0, 0.05) is 12.1 Å². The Labute approximate surface area is 125 Å². The lowest BCUT2D eigenvalue weighted by Crippen LogP contribution is -2.44. The van der Waals surface area contributed by atoms with Gasteiger partial charge in [-0.3, -0.25) is 4.79 Å². The Hall–Kier alpha value is -1.88. The predicted octanol–water partition coefficient (Wildman–Crippen LogP) is 2.09. The molecule has 0 bridgehead atoms. The molecule has 5 heteroatoms. The summed E-state index contributed by atoms with van der Waals surface area (Å²) in [6.07, 6.45) is 6.33. The highest BCUT2D eigenvalue weighted by atomic mass is 16.6. The van der Waals surface area contributed by atoms with E-state index < -0.39 is 5.60 Å². The number of aliphatic hydroxyl groups is 1. The van der Waals surface area contributed by atoms with Crippen LogP contribution in [-0.2, 0) is 4.84 Å². The van der Waals surface area contributed by atoms with Crippen molar-refractivity contribution in [1.29, 1.82) is 0 Å². The van der Waals surface area contributed by atoms with Crippen molar-refractivity contribution in [2.45, 2.75) is 37.7 Å². The molecular weight excluding hydrogens is 268 g/mol. The van der Waals surface area contributed by atoms with Crippen molar-refractivity contribution in [3.63, 3.8) is 0 Å². The summed E-state index contributed by atoms with van der Waals surface area (Å²) in [5, 5.41) is 16.9. The zero-order valence-corrected chi connectivity index (χ0v) is 12.3. The molecule has 2 rings (SSSR count). The number of rotatable bonds is 5. The van der Waals surface area contributed by atoms with Gasteiger partial charge in [0.2, 0.25) is 0 Å². The number of nitrogens with one attached hydrogen (secondary N) is 1. The van der Waals surface area contributed by atoms with E-state index in [1.165, 1.54) is 13.5 Å². The molecule has 1 aliphatic carbocycles. The zero-order valence-electron chi connectivity index (χ0n) is 12.3. The normalized spacial score (nSPS) is 17.6. The third-order valence-corrected chi connectivity index (χ3v) is 3.84. The number of nitrogens with zero attached hydrogens (tertiary/aromatic N) is 1. The summed E-state index contributed by atoms with van der Waals surface area (Å²) in [5.41, 5.74) is 0.696. The predicted molar refractivity (Wildman–Crippen MR) is 81.4 cm³/mol. The van der Waals surface area contributed by atoms with Crippen LogP contribution in [0.4, 0.5) is 0 Å². The molecule has 0 spiro atoms. The standard InChI is InChI=1S/C16H22N2O3/c1-21-18-11-13-5-7-14(8-6-13)15(19)17-12-16(20)9-3-2-4-10-16/h5-8,11,20H,2-4,9-10,12H2,1H3,(H,17,19). The fourth-order valence-corrected chi connectivity index (χ4v) is 2.57. The average molecular weight is 290 g/mol. The lowest BCUT2D eigenvalue weighted by molar-refractivity contribution is 0.00526. The van der Waals surface area contributed by atoms with Gasteiger partial charge >= 0.3 is 0 Å². The number of carbonyl (C=O) groups is 1. The van der Waals surface area contributed by atoms with Crippen LogP contribution in [0.3, 0.4) is 0 Å². The second-order valence-corrected chi connectivity index (χ2v) is 5.51. The van der Waals surface area contributed by atoms with Crippen molar-refractivity contribution in [2.75, 3.05) is 13.7 Å². The zero-order chi connectivity index (χ0) is 15.1. The molecule has 0 unspecified atom stereocenters. The maximum absolute atomic E-state index is 12.1. The molecule has 1 amide bonds. The monoisotopic (exact) mass is 290 g/mol. The second-order valence-electron chi connectivity index (χ2n) is 5.51. The molecule has 5 nitrogen and oxygen atoms in total. The van der Waals surface area contributed by atoms with Gasteiger partial charge in [0.15, 0.2) is 0 Å². The molecule has 0 aromatic heterocycles. The van der Waals surface area contributed by atoms with E-state index in [-0.39, 0.29) is 5.91 Å². The topological polar surface area (TPSA) is 70.9 Å². The number of carbonyl (C=O) groups excluding carboxylic acids is 1. The van der Waals surface area contributed by atoms with E-state index in [9.17, 15) is 9.90 Å². The van der Waals surface area contributed by atoms with Crippen molar-refractivity contribution in [3.8, 4) is 0 Å². The first-order valence-electron chi connectivity index (χ1n) is 7.30. The Balaban J connectivity index is 1.89. The quantitative estimate of drug-likeness (QED) is 0.644. The summed E-state index contributed by atoms with van der Waals surface area (Å²) in [4.78, 5) is 16.7. The van der Waals surface area contributed by atoms with Crippen LogP contribution in [0.15, 0.2) is 29.4 Å². The van der Waals surface area contributed by atoms with Gasteiger partial charge in [0.1, 0.15) is 7.11 Å². The van der Waals surface area contributed by atoms with Crippen LogP contribution in [0.2, 0.25) is 0 Å². The van der Waals surface area contributed by atoms with Gasteiger partial charge in [0.25, 0.3) is 5.91 Å². The molecule has 1 aromatic carbocycles. The highest BCUT2D eigenvalue weighted by molar-refractivity contribution is 5.95. The first-order chi connectivity index (χ1) is 10.1. The van der Waals surface area contributed by atoms with Gasteiger partial charge in [-0.15, -0.1) is 0 Å². The fraction of sp³-hybridized carbons (Fsp3) is 0.500. The van der Waals surface area contributed by atoms with E-state index in [0.717, 1.165) is 31.2 Å². The molecule has 1 saturated carbocycles. The third kappa shape index (κ3) is 4.56. The van der Waals surface area contributed by atoms with E-state index in [4.69, 9.17) is 0 Å². The molecule has 1 aromatic rings. The van der Waals surface area contributed by atoms with Gasteiger partial charge in [-0.2, -0.15) is 0 Å². The summed E-state index contributed by atoms with van der Waals surface area (Å²) >= 11 is 0. The average Bonchev–Trinajstić information content (AvgIpc) is 2.52. The minimum atomic E-state index is -0.737. The van der Waals surface area contributed by atoms with E-state index >= 15 is 0 Å². The molecule has 0 aliphatic heterocycles. The molecule has 0 heterocycles. The van der Waals surface area contributed by atoms with Gasteiger partial charge in [0.05, 0.1) is 11.8 Å². The molecule has 0 saturated heterocycles. The summed E-state index contributed by atoms with van der Waals surface area (Å²) in [7, 11) is 1.48. The Morgan fingerprint density at radius 2 is 2.00 bits per heavy atom. The minimum absolute atomic E-state index is 0.163. The van der Waals surface area contributed by atoms with E-state index in [2.05, 4.69) is 15.3 Å². The molecule has 114 valence electrons. The van der Waals surface area contributed by atoms with Crippen LogP contribution in [0.5, 0.6) is 0 Å². The van der Waals surface area contributed by atoms with Crippen LogP contribution in [0, 0.1) is 0 Å². The number of amides is 1. The van der Waals surface area contributed by atoms with Crippen LogP contribution >= 0.6 is 0 Å². The first-order valence-corrected chi connectivity index (χ1v) is 7.30.